The Hall–Kier alpha value is -1.19. The number of Topliss-reactive ketones (excluding diaryl/α,β-unsaturated/α-hetero) is 1. The number of fused-ring (bicyclic) bond motifs is 5. The Bertz CT molecular complexity index is 875. The first-order chi connectivity index (χ1) is 15.5. The first-order valence-corrected chi connectivity index (χ1v) is 13.3. The number of hydrogen-bond donors (Lipinski definition) is 2. The van der Waals surface area contributed by atoms with E-state index < -0.39 is 0 Å². The molecule has 0 heterocycles. The SMILES string of the molecule is CC(CC=CC(CO)CO)C1CCC2(C)C3=CCC4C(C)(C)C(=O)CCC4(C)C3=CCC12C. The summed E-state index contributed by atoms with van der Waals surface area (Å²) in [4.78, 5) is 12.8. The predicted molar refractivity (Wildman–Crippen MR) is 135 cm³/mol. The molecule has 184 valence electrons. The van der Waals surface area contributed by atoms with Crippen molar-refractivity contribution in [2.75, 3.05) is 13.2 Å². The quantitative estimate of drug-likeness (QED) is 0.465. The molecule has 0 aliphatic heterocycles. The highest BCUT2D eigenvalue weighted by Gasteiger charge is 2.63. The second-order valence-electron chi connectivity index (χ2n) is 13.0. The summed E-state index contributed by atoms with van der Waals surface area (Å²) >= 11 is 0. The monoisotopic (exact) mass is 454 g/mol. The molecule has 6 unspecified atom stereocenters. The second kappa shape index (κ2) is 8.48. The number of aliphatic hydroxyl groups excluding tert-OH is 2. The fraction of sp³-hybridized carbons (Fsp3) is 0.767. The molecule has 0 radical (unpaired) electrons. The van der Waals surface area contributed by atoms with Gasteiger partial charge in [-0.2, -0.15) is 0 Å². The van der Waals surface area contributed by atoms with Crippen molar-refractivity contribution in [2.24, 2.45) is 45.3 Å². The van der Waals surface area contributed by atoms with Crippen LogP contribution in [0.2, 0.25) is 0 Å². The minimum absolute atomic E-state index is 0.00445. The number of carbonyl (C=O) groups excluding carboxylic acids is 1. The molecule has 0 spiro atoms. The van der Waals surface area contributed by atoms with Crippen LogP contribution in [0.3, 0.4) is 0 Å². The lowest BCUT2D eigenvalue weighted by Crippen LogP contribution is -2.53. The highest BCUT2D eigenvalue weighted by Crippen LogP contribution is 2.71. The molecule has 4 rings (SSSR count). The first-order valence-electron chi connectivity index (χ1n) is 13.3. The summed E-state index contributed by atoms with van der Waals surface area (Å²) < 4.78 is 0. The third kappa shape index (κ3) is 3.56. The van der Waals surface area contributed by atoms with Crippen molar-refractivity contribution in [1.82, 2.24) is 0 Å². The molecule has 2 fully saturated rings. The summed E-state index contributed by atoms with van der Waals surface area (Å²) in [5.74, 6) is 1.93. The van der Waals surface area contributed by atoms with Gasteiger partial charge in [-0.15, -0.1) is 0 Å². The van der Waals surface area contributed by atoms with Gasteiger partial charge in [0.1, 0.15) is 5.78 Å². The van der Waals surface area contributed by atoms with Crippen molar-refractivity contribution in [2.45, 2.75) is 86.5 Å². The maximum Gasteiger partial charge on any atom is 0.138 e. The largest absolute Gasteiger partial charge is 0.396 e. The Morgan fingerprint density at radius 2 is 1.76 bits per heavy atom. The van der Waals surface area contributed by atoms with Gasteiger partial charge >= 0.3 is 0 Å². The van der Waals surface area contributed by atoms with Crippen molar-refractivity contribution in [3.8, 4) is 0 Å². The fourth-order valence-corrected chi connectivity index (χ4v) is 8.59. The molecule has 2 saturated carbocycles. The Balaban J connectivity index is 1.62. The molecule has 33 heavy (non-hydrogen) atoms. The van der Waals surface area contributed by atoms with Gasteiger partial charge in [0, 0.05) is 17.8 Å². The lowest BCUT2D eigenvalue weighted by atomic mass is 9.44. The van der Waals surface area contributed by atoms with Crippen LogP contribution in [0.5, 0.6) is 0 Å². The van der Waals surface area contributed by atoms with Crippen molar-refractivity contribution in [3.63, 3.8) is 0 Å². The first kappa shape index (κ1) is 24.9. The molecular weight excluding hydrogens is 408 g/mol. The van der Waals surface area contributed by atoms with Crippen LogP contribution in [0.25, 0.3) is 0 Å². The van der Waals surface area contributed by atoms with Gasteiger partial charge in [0.2, 0.25) is 0 Å². The molecule has 6 atom stereocenters. The van der Waals surface area contributed by atoms with Gasteiger partial charge in [-0.1, -0.05) is 65.8 Å². The summed E-state index contributed by atoms with van der Waals surface area (Å²) in [7, 11) is 0. The number of ketones is 1. The number of rotatable bonds is 6. The van der Waals surface area contributed by atoms with Crippen LogP contribution in [0.1, 0.15) is 86.5 Å². The zero-order valence-corrected chi connectivity index (χ0v) is 21.8. The second-order valence-corrected chi connectivity index (χ2v) is 13.0. The van der Waals surface area contributed by atoms with Crippen LogP contribution in [0.4, 0.5) is 0 Å². The van der Waals surface area contributed by atoms with Crippen LogP contribution in [-0.2, 0) is 4.79 Å². The molecule has 0 bridgehead atoms. The van der Waals surface area contributed by atoms with Crippen molar-refractivity contribution in [3.05, 3.63) is 35.5 Å². The van der Waals surface area contributed by atoms with Gasteiger partial charge in [0.25, 0.3) is 0 Å². The van der Waals surface area contributed by atoms with Crippen LogP contribution < -0.4 is 0 Å². The van der Waals surface area contributed by atoms with Crippen molar-refractivity contribution >= 4 is 5.78 Å². The summed E-state index contributed by atoms with van der Waals surface area (Å²) in [6.45, 7) is 14.3. The molecule has 4 aliphatic rings. The van der Waals surface area contributed by atoms with E-state index in [0.717, 1.165) is 25.7 Å². The summed E-state index contributed by atoms with van der Waals surface area (Å²) in [6.07, 6.45) is 16.7. The Morgan fingerprint density at radius 3 is 2.42 bits per heavy atom. The number of aliphatic hydroxyl groups is 2. The van der Waals surface area contributed by atoms with Gasteiger partial charge in [-0.3, -0.25) is 4.79 Å². The molecular formula is C30H46O3. The lowest BCUT2D eigenvalue weighted by molar-refractivity contribution is -0.138. The molecule has 0 aromatic carbocycles. The minimum Gasteiger partial charge on any atom is -0.396 e. The van der Waals surface area contributed by atoms with E-state index in [-0.39, 0.29) is 40.8 Å². The standard InChI is InChI=1S/C30H46O3/c1-20(8-7-9-21(18-31)19-32)22-12-16-30(6)24-10-11-25-27(2,3)26(33)14-15-28(25,4)23(24)13-17-29(22,30)5/h7,9-10,13,20-22,25,31-32H,8,11-12,14-19H2,1-6H3. The highest BCUT2D eigenvalue weighted by molar-refractivity contribution is 5.86. The van der Waals surface area contributed by atoms with E-state index in [1.165, 1.54) is 12.8 Å². The highest BCUT2D eigenvalue weighted by atomic mass is 16.3. The maximum absolute atomic E-state index is 12.8. The van der Waals surface area contributed by atoms with Gasteiger partial charge < -0.3 is 10.2 Å². The minimum atomic E-state index is -0.239. The number of carbonyl (C=O) groups is 1. The molecule has 3 heteroatoms. The van der Waals surface area contributed by atoms with Crippen molar-refractivity contribution < 1.29 is 15.0 Å². The fourth-order valence-electron chi connectivity index (χ4n) is 8.59. The summed E-state index contributed by atoms with van der Waals surface area (Å²) in [5, 5.41) is 18.7. The lowest BCUT2D eigenvalue weighted by Gasteiger charge is -2.59. The molecule has 0 aromatic heterocycles. The maximum atomic E-state index is 12.8. The summed E-state index contributed by atoms with van der Waals surface area (Å²) in [5.41, 5.74) is 3.48. The number of allylic oxidation sites excluding steroid dienone is 5. The molecule has 0 amide bonds. The zero-order chi connectivity index (χ0) is 24.2. The van der Waals surface area contributed by atoms with E-state index in [1.54, 1.807) is 11.1 Å². The smallest absolute Gasteiger partial charge is 0.138 e. The van der Waals surface area contributed by atoms with Crippen LogP contribution >= 0.6 is 0 Å². The Labute approximate surface area is 201 Å². The third-order valence-corrected chi connectivity index (χ3v) is 11.1. The van der Waals surface area contributed by atoms with Gasteiger partial charge in [0.05, 0.1) is 13.2 Å². The molecule has 0 aromatic rings. The van der Waals surface area contributed by atoms with Gasteiger partial charge in [0.15, 0.2) is 0 Å². The van der Waals surface area contributed by atoms with Crippen molar-refractivity contribution in [1.29, 1.82) is 0 Å². The van der Waals surface area contributed by atoms with E-state index in [4.69, 9.17) is 0 Å². The molecule has 4 aliphatic carbocycles. The van der Waals surface area contributed by atoms with E-state index >= 15 is 0 Å². The van der Waals surface area contributed by atoms with E-state index in [1.807, 2.05) is 6.08 Å². The molecule has 0 saturated heterocycles. The normalized spacial score (nSPS) is 40.8. The average molecular weight is 455 g/mol. The third-order valence-electron chi connectivity index (χ3n) is 11.1. The van der Waals surface area contributed by atoms with Crippen LogP contribution in [0, 0.1) is 45.3 Å². The Morgan fingerprint density at radius 1 is 1.06 bits per heavy atom. The molecule has 2 N–H and O–H groups in total. The van der Waals surface area contributed by atoms with E-state index in [2.05, 4.69) is 59.8 Å². The topological polar surface area (TPSA) is 57.5 Å². The summed E-state index contributed by atoms with van der Waals surface area (Å²) in [6, 6.07) is 0. The van der Waals surface area contributed by atoms with Gasteiger partial charge in [-0.05, 0) is 83.7 Å². The average Bonchev–Trinajstić information content (AvgIpc) is 3.05. The van der Waals surface area contributed by atoms with E-state index in [9.17, 15) is 15.0 Å². The van der Waals surface area contributed by atoms with E-state index in [0.29, 0.717) is 30.0 Å². The number of hydrogen-bond acceptors (Lipinski definition) is 3. The predicted octanol–water partition coefficient (Wildman–Crippen LogP) is 6.26. The Kier molecular flexibility index (Phi) is 6.41. The van der Waals surface area contributed by atoms with Crippen LogP contribution in [0.15, 0.2) is 35.5 Å². The molecule has 3 nitrogen and oxygen atoms in total. The van der Waals surface area contributed by atoms with Gasteiger partial charge in [-0.25, -0.2) is 0 Å². The zero-order valence-electron chi connectivity index (χ0n) is 21.8. The van der Waals surface area contributed by atoms with Crippen LogP contribution in [-0.4, -0.2) is 29.2 Å².